The number of carbonyl (C=O) groups is 2. The van der Waals surface area contributed by atoms with Crippen molar-refractivity contribution < 1.29 is 19.1 Å². The summed E-state index contributed by atoms with van der Waals surface area (Å²) in [4.78, 5) is 25.9. The molecule has 1 aromatic rings. The maximum atomic E-state index is 11.9. The van der Waals surface area contributed by atoms with Crippen molar-refractivity contribution in [3.63, 3.8) is 0 Å². The molecule has 0 aliphatic carbocycles. The summed E-state index contributed by atoms with van der Waals surface area (Å²) in [6, 6.07) is 3.31. The number of carbonyl (C=O) groups excluding carboxylic acids is 1. The number of nitrogens with zero attached hydrogens (tertiary/aromatic N) is 2. The highest BCUT2D eigenvalue weighted by Crippen LogP contribution is 2.08. The highest BCUT2D eigenvalue weighted by Gasteiger charge is 2.24. The molecule has 0 spiro atoms. The number of piperazine rings is 1. The Labute approximate surface area is 111 Å². The van der Waals surface area contributed by atoms with Crippen molar-refractivity contribution in [3.05, 3.63) is 24.2 Å². The molecule has 1 amide bonds. The van der Waals surface area contributed by atoms with Crippen LogP contribution in [0.25, 0.3) is 0 Å². The summed E-state index contributed by atoms with van der Waals surface area (Å²) in [5.41, 5.74) is 0. The second-order valence-corrected chi connectivity index (χ2v) is 3.94. The number of carboxylic acid groups (broad SMARTS) is 1. The van der Waals surface area contributed by atoms with Gasteiger partial charge in [-0.3, -0.25) is 14.5 Å². The largest absolute Gasteiger partial charge is 0.480 e. The van der Waals surface area contributed by atoms with Crippen molar-refractivity contribution in [2.24, 2.45) is 0 Å². The minimum atomic E-state index is -0.837. The van der Waals surface area contributed by atoms with Crippen LogP contribution in [0.15, 0.2) is 22.8 Å². The zero-order valence-electron chi connectivity index (χ0n) is 9.74. The van der Waals surface area contributed by atoms with E-state index in [1.54, 1.807) is 17.0 Å². The van der Waals surface area contributed by atoms with Gasteiger partial charge in [-0.1, -0.05) is 0 Å². The molecule has 2 heterocycles. The Morgan fingerprint density at radius 3 is 2.44 bits per heavy atom. The number of hydrogen-bond acceptors (Lipinski definition) is 4. The van der Waals surface area contributed by atoms with E-state index in [1.165, 1.54) is 6.26 Å². The average molecular weight is 275 g/mol. The van der Waals surface area contributed by atoms with Gasteiger partial charge >= 0.3 is 5.97 Å². The van der Waals surface area contributed by atoms with Gasteiger partial charge in [-0.05, 0) is 12.1 Å². The van der Waals surface area contributed by atoms with Crippen LogP contribution in [0.4, 0.5) is 0 Å². The number of rotatable bonds is 3. The normalized spacial score (nSPS) is 16.1. The van der Waals surface area contributed by atoms with Crippen molar-refractivity contribution in [1.29, 1.82) is 0 Å². The predicted molar refractivity (Wildman–Crippen MR) is 65.9 cm³/mol. The van der Waals surface area contributed by atoms with Crippen molar-refractivity contribution in [2.75, 3.05) is 32.7 Å². The standard InChI is InChI=1S/C11H14N2O4.ClH/c14-10(15)8-12-3-5-13(6-4-12)11(16)9-2-1-7-17-9;/h1-2,7H,3-6,8H2,(H,14,15);1H. The predicted octanol–water partition coefficient (Wildman–Crippen LogP) is 0.544. The van der Waals surface area contributed by atoms with E-state index in [4.69, 9.17) is 9.52 Å². The molecule has 1 saturated heterocycles. The number of carboxylic acids is 1. The van der Waals surface area contributed by atoms with E-state index in [2.05, 4.69) is 0 Å². The highest BCUT2D eigenvalue weighted by atomic mass is 35.5. The second-order valence-electron chi connectivity index (χ2n) is 3.94. The van der Waals surface area contributed by atoms with Crippen LogP contribution in [0.1, 0.15) is 10.6 Å². The molecular formula is C11H15ClN2O4. The average Bonchev–Trinajstić information content (AvgIpc) is 2.82. The van der Waals surface area contributed by atoms with E-state index in [1.807, 2.05) is 4.90 Å². The third kappa shape index (κ3) is 3.48. The fourth-order valence-corrected chi connectivity index (χ4v) is 1.86. The van der Waals surface area contributed by atoms with Crippen LogP contribution in [0.3, 0.4) is 0 Å². The van der Waals surface area contributed by atoms with Crippen molar-refractivity contribution in [3.8, 4) is 0 Å². The van der Waals surface area contributed by atoms with Crippen LogP contribution >= 0.6 is 12.4 Å². The Morgan fingerprint density at radius 2 is 1.94 bits per heavy atom. The van der Waals surface area contributed by atoms with Gasteiger partial charge in [0.25, 0.3) is 5.91 Å². The van der Waals surface area contributed by atoms with Gasteiger partial charge in [0.1, 0.15) is 0 Å². The van der Waals surface area contributed by atoms with Gasteiger partial charge in [0.15, 0.2) is 5.76 Å². The minimum absolute atomic E-state index is 0. The van der Waals surface area contributed by atoms with Crippen molar-refractivity contribution >= 4 is 24.3 Å². The van der Waals surface area contributed by atoms with Gasteiger partial charge in [0, 0.05) is 26.2 Å². The molecule has 1 aliphatic rings. The van der Waals surface area contributed by atoms with Gasteiger partial charge in [-0.2, -0.15) is 0 Å². The van der Waals surface area contributed by atoms with Crippen LogP contribution in [0.5, 0.6) is 0 Å². The molecule has 1 aliphatic heterocycles. The Hall–Kier alpha value is -1.53. The van der Waals surface area contributed by atoms with Crippen LogP contribution in [-0.4, -0.2) is 59.5 Å². The van der Waals surface area contributed by atoms with E-state index < -0.39 is 5.97 Å². The molecule has 7 heteroatoms. The maximum absolute atomic E-state index is 11.9. The summed E-state index contributed by atoms with van der Waals surface area (Å²) in [6.07, 6.45) is 1.47. The van der Waals surface area contributed by atoms with E-state index in [9.17, 15) is 9.59 Å². The van der Waals surface area contributed by atoms with Crippen LogP contribution in [0.2, 0.25) is 0 Å². The number of hydrogen-bond donors (Lipinski definition) is 1. The fourth-order valence-electron chi connectivity index (χ4n) is 1.86. The molecule has 1 fully saturated rings. The molecule has 0 saturated carbocycles. The summed E-state index contributed by atoms with van der Waals surface area (Å²) >= 11 is 0. The third-order valence-electron chi connectivity index (χ3n) is 2.75. The highest BCUT2D eigenvalue weighted by molar-refractivity contribution is 5.91. The summed E-state index contributed by atoms with van der Waals surface area (Å²) in [5, 5.41) is 8.65. The first-order valence-corrected chi connectivity index (χ1v) is 5.44. The lowest BCUT2D eigenvalue weighted by atomic mass is 10.3. The molecule has 18 heavy (non-hydrogen) atoms. The van der Waals surface area contributed by atoms with E-state index in [0.29, 0.717) is 31.9 Å². The zero-order valence-corrected chi connectivity index (χ0v) is 10.6. The summed E-state index contributed by atoms with van der Waals surface area (Å²) in [6.45, 7) is 2.26. The molecule has 6 nitrogen and oxygen atoms in total. The summed E-state index contributed by atoms with van der Waals surface area (Å²) in [7, 11) is 0. The van der Waals surface area contributed by atoms with E-state index >= 15 is 0 Å². The lowest BCUT2D eigenvalue weighted by Gasteiger charge is -2.33. The fraction of sp³-hybridized carbons (Fsp3) is 0.455. The van der Waals surface area contributed by atoms with Crippen LogP contribution in [0, 0.1) is 0 Å². The van der Waals surface area contributed by atoms with Gasteiger partial charge in [-0.25, -0.2) is 0 Å². The van der Waals surface area contributed by atoms with Crippen molar-refractivity contribution in [1.82, 2.24) is 9.80 Å². The monoisotopic (exact) mass is 274 g/mol. The first-order chi connectivity index (χ1) is 8.16. The molecular weight excluding hydrogens is 260 g/mol. The zero-order chi connectivity index (χ0) is 12.3. The van der Waals surface area contributed by atoms with Gasteiger partial charge < -0.3 is 14.4 Å². The third-order valence-corrected chi connectivity index (χ3v) is 2.75. The van der Waals surface area contributed by atoms with Gasteiger partial charge in [0.05, 0.1) is 12.8 Å². The number of amides is 1. The number of halogens is 1. The Bertz CT molecular complexity index is 399. The second kappa shape index (κ2) is 6.42. The van der Waals surface area contributed by atoms with Gasteiger partial charge in [-0.15, -0.1) is 12.4 Å². The first kappa shape index (κ1) is 14.5. The van der Waals surface area contributed by atoms with Crippen LogP contribution < -0.4 is 0 Å². The first-order valence-electron chi connectivity index (χ1n) is 5.44. The summed E-state index contributed by atoms with van der Waals surface area (Å²) < 4.78 is 5.04. The Morgan fingerprint density at radius 1 is 1.28 bits per heavy atom. The maximum Gasteiger partial charge on any atom is 0.317 e. The lowest BCUT2D eigenvalue weighted by Crippen LogP contribution is -2.49. The minimum Gasteiger partial charge on any atom is -0.480 e. The molecule has 2 rings (SSSR count). The smallest absolute Gasteiger partial charge is 0.317 e. The number of furan rings is 1. The molecule has 0 atom stereocenters. The van der Waals surface area contributed by atoms with Gasteiger partial charge in [0.2, 0.25) is 0 Å². The molecule has 0 unspecified atom stereocenters. The Balaban J connectivity index is 0.00000162. The molecule has 100 valence electrons. The quantitative estimate of drug-likeness (QED) is 0.871. The SMILES string of the molecule is Cl.O=C(O)CN1CCN(C(=O)c2ccco2)CC1. The molecule has 0 aromatic carbocycles. The van der Waals surface area contributed by atoms with Crippen molar-refractivity contribution in [2.45, 2.75) is 0 Å². The molecule has 1 aromatic heterocycles. The molecule has 0 bridgehead atoms. The number of aliphatic carboxylic acids is 1. The van der Waals surface area contributed by atoms with Crippen LogP contribution in [-0.2, 0) is 4.79 Å². The van der Waals surface area contributed by atoms with E-state index in [-0.39, 0.29) is 24.9 Å². The van der Waals surface area contributed by atoms with E-state index in [0.717, 1.165) is 0 Å². The molecule has 1 N–H and O–H groups in total. The summed E-state index contributed by atoms with van der Waals surface area (Å²) in [5.74, 6) is -0.641. The Kier molecular flexibility index (Phi) is 5.18. The lowest BCUT2D eigenvalue weighted by molar-refractivity contribution is -0.138. The topological polar surface area (TPSA) is 74.0 Å². The molecule has 0 radical (unpaired) electrons.